The molecular formula is C12H8BrClF2N2O2S. The van der Waals surface area contributed by atoms with Crippen LogP contribution >= 0.6 is 27.5 Å². The molecule has 0 saturated heterocycles. The second kappa shape index (κ2) is 5.78. The third-order valence-electron chi connectivity index (χ3n) is 2.55. The summed E-state index contributed by atoms with van der Waals surface area (Å²) in [4.78, 5) is -0.743. The monoisotopic (exact) mass is 396 g/mol. The van der Waals surface area contributed by atoms with Gasteiger partial charge in [0.2, 0.25) is 0 Å². The quantitative estimate of drug-likeness (QED) is 0.775. The smallest absolute Gasteiger partial charge is 0.264 e. The predicted octanol–water partition coefficient (Wildman–Crippen LogP) is 3.76. The van der Waals surface area contributed by atoms with Gasteiger partial charge in [-0.05, 0) is 46.3 Å². The van der Waals surface area contributed by atoms with E-state index in [1.54, 1.807) is 0 Å². The van der Waals surface area contributed by atoms with Gasteiger partial charge in [0.05, 0.1) is 10.7 Å². The van der Waals surface area contributed by atoms with Crippen molar-refractivity contribution in [2.45, 2.75) is 4.90 Å². The molecule has 0 fully saturated rings. The highest BCUT2D eigenvalue weighted by atomic mass is 79.9. The van der Waals surface area contributed by atoms with Crippen LogP contribution in [0.1, 0.15) is 0 Å². The average Bonchev–Trinajstić information content (AvgIpc) is 2.39. The van der Waals surface area contributed by atoms with E-state index in [1.807, 2.05) is 0 Å². The number of nitrogens with one attached hydrogen (secondary N) is 1. The molecule has 0 aromatic heterocycles. The average molecular weight is 398 g/mol. The third kappa shape index (κ3) is 3.28. The zero-order valence-electron chi connectivity index (χ0n) is 10.2. The first-order valence-electron chi connectivity index (χ1n) is 5.43. The summed E-state index contributed by atoms with van der Waals surface area (Å²) in [6.07, 6.45) is 0. The van der Waals surface area contributed by atoms with Gasteiger partial charge < -0.3 is 5.73 Å². The van der Waals surface area contributed by atoms with Gasteiger partial charge in [-0.2, -0.15) is 0 Å². The molecule has 0 saturated carbocycles. The number of nitrogens with two attached hydrogens (primary N) is 1. The van der Waals surface area contributed by atoms with Crippen LogP contribution in [0.5, 0.6) is 0 Å². The number of nitrogen functional groups attached to an aromatic ring is 1. The van der Waals surface area contributed by atoms with Gasteiger partial charge in [-0.15, -0.1) is 0 Å². The van der Waals surface area contributed by atoms with Gasteiger partial charge >= 0.3 is 0 Å². The van der Waals surface area contributed by atoms with E-state index in [1.165, 1.54) is 18.2 Å². The Morgan fingerprint density at radius 2 is 1.86 bits per heavy atom. The molecule has 0 unspecified atom stereocenters. The van der Waals surface area contributed by atoms with Crippen molar-refractivity contribution in [3.8, 4) is 0 Å². The molecule has 0 bridgehead atoms. The lowest BCUT2D eigenvalue weighted by Crippen LogP contribution is -2.16. The van der Waals surface area contributed by atoms with Gasteiger partial charge in [0.25, 0.3) is 10.0 Å². The van der Waals surface area contributed by atoms with Crippen molar-refractivity contribution in [2.75, 3.05) is 10.5 Å². The lowest BCUT2D eigenvalue weighted by molar-refractivity contribution is 0.557. The Hall–Kier alpha value is -1.38. The van der Waals surface area contributed by atoms with Crippen LogP contribution in [0.25, 0.3) is 0 Å². The van der Waals surface area contributed by atoms with Crippen LogP contribution in [-0.2, 0) is 10.0 Å². The van der Waals surface area contributed by atoms with E-state index < -0.39 is 32.2 Å². The summed E-state index contributed by atoms with van der Waals surface area (Å²) < 4.78 is 53.7. The molecule has 2 aromatic carbocycles. The Kier molecular flexibility index (Phi) is 4.40. The second-order valence-electron chi connectivity index (χ2n) is 4.01. The summed E-state index contributed by atoms with van der Waals surface area (Å²) in [6.45, 7) is 0. The number of sulfonamides is 1. The van der Waals surface area contributed by atoms with Crippen molar-refractivity contribution in [1.82, 2.24) is 0 Å². The van der Waals surface area contributed by atoms with Crippen LogP contribution in [0.3, 0.4) is 0 Å². The topological polar surface area (TPSA) is 72.2 Å². The summed E-state index contributed by atoms with van der Waals surface area (Å²) in [6, 6.07) is 5.85. The first kappa shape index (κ1) is 16.0. The van der Waals surface area contributed by atoms with Crippen LogP contribution < -0.4 is 10.5 Å². The Morgan fingerprint density at radius 3 is 2.48 bits per heavy atom. The van der Waals surface area contributed by atoms with E-state index in [0.29, 0.717) is 9.50 Å². The minimum atomic E-state index is -4.25. The number of benzene rings is 2. The van der Waals surface area contributed by atoms with Crippen molar-refractivity contribution >= 4 is 48.9 Å². The highest BCUT2D eigenvalue weighted by Gasteiger charge is 2.22. The molecule has 0 aliphatic carbocycles. The normalized spacial score (nSPS) is 11.4. The van der Waals surface area contributed by atoms with E-state index in [2.05, 4.69) is 20.7 Å². The van der Waals surface area contributed by atoms with Gasteiger partial charge in [-0.25, -0.2) is 17.2 Å². The van der Waals surface area contributed by atoms with Crippen molar-refractivity contribution in [3.63, 3.8) is 0 Å². The first-order chi connectivity index (χ1) is 9.72. The van der Waals surface area contributed by atoms with Crippen molar-refractivity contribution in [3.05, 3.63) is 51.5 Å². The lowest BCUT2D eigenvalue weighted by Gasteiger charge is -2.11. The molecule has 112 valence electrons. The van der Waals surface area contributed by atoms with E-state index in [4.69, 9.17) is 17.3 Å². The van der Waals surface area contributed by atoms with E-state index in [9.17, 15) is 17.2 Å². The Morgan fingerprint density at radius 1 is 1.19 bits per heavy atom. The van der Waals surface area contributed by atoms with Gasteiger partial charge in [0.15, 0.2) is 5.82 Å². The zero-order chi connectivity index (χ0) is 15.8. The molecule has 0 amide bonds. The van der Waals surface area contributed by atoms with Gasteiger partial charge in [0, 0.05) is 4.47 Å². The molecule has 0 aliphatic heterocycles. The molecule has 0 heterocycles. The molecule has 0 aliphatic rings. The SMILES string of the molecule is Nc1c(F)ccc(S(=O)(=O)Nc2ccc(Cl)c(Br)c2)c1F. The number of hydrogen-bond acceptors (Lipinski definition) is 3. The lowest BCUT2D eigenvalue weighted by atomic mass is 10.3. The van der Waals surface area contributed by atoms with E-state index >= 15 is 0 Å². The summed E-state index contributed by atoms with van der Waals surface area (Å²) in [5.41, 5.74) is 4.46. The van der Waals surface area contributed by atoms with Crippen molar-refractivity contribution in [1.29, 1.82) is 0 Å². The summed E-state index contributed by atoms with van der Waals surface area (Å²) >= 11 is 8.93. The maximum atomic E-state index is 13.8. The molecule has 21 heavy (non-hydrogen) atoms. The number of anilines is 2. The maximum absolute atomic E-state index is 13.8. The standard InChI is InChI=1S/C12H8BrClF2N2O2S/c13-7-5-6(1-2-8(7)14)18-21(19,20)10-4-3-9(15)12(17)11(10)16/h1-5,18H,17H2. The molecule has 2 rings (SSSR count). The second-order valence-corrected chi connectivity index (χ2v) is 6.92. The summed E-state index contributed by atoms with van der Waals surface area (Å²) in [5, 5.41) is 0.384. The van der Waals surface area contributed by atoms with Gasteiger partial charge in [-0.1, -0.05) is 11.6 Å². The fourth-order valence-corrected chi connectivity index (χ4v) is 3.16. The molecule has 0 spiro atoms. The number of halogens is 4. The van der Waals surface area contributed by atoms with Crippen molar-refractivity contribution in [2.24, 2.45) is 0 Å². The molecule has 4 nitrogen and oxygen atoms in total. The Balaban J connectivity index is 2.43. The van der Waals surface area contributed by atoms with Crippen LogP contribution in [-0.4, -0.2) is 8.42 Å². The summed E-state index contributed by atoms with van der Waals surface area (Å²) in [7, 11) is -4.25. The molecular weight excluding hydrogens is 390 g/mol. The van der Waals surface area contributed by atoms with E-state index in [-0.39, 0.29) is 5.69 Å². The van der Waals surface area contributed by atoms with Crippen molar-refractivity contribution < 1.29 is 17.2 Å². The Bertz CT molecular complexity index is 815. The first-order valence-corrected chi connectivity index (χ1v) is 8.09. The zero-order valence-corrected chi connectivity index (χ0v) is 13.4. The van der Waals surface area contributed by atoms with Gasteiger partial charge in [0.1, 0.15) is 16.4 Å². The number of hydrogen-bond donors (Lipinski definition) is 2. The largest absolute Gasteiger partial charge is 0.394 e. The molecule has 0 radical (unpaired) electrons. The van der Waals surface area contributed by atoms with Gasteiger partial charge in [-0.3, -0.25) is 4.72 Å². The minimum Gasteiger partial charge on any atom is -0.394 e. The van der Waals surface area contributed by atoms with E-state index in [0.717, 1.165) is 12.1 Å². The van der Waals surface area contributed by atoms with Crippen LogP contribution in [0.15, 0.2) is 39.7 Å². The highest BCUT2D eigenvalue weighted by molar-refractivity contribution is 9.10. The molecule has 9 heteroatoms. The van der Waals surface area contributed by atoms with Crippen LogP contribution in [0.2, 0.25) is 5.02 Å². The van der Waals surface area contributed by atoms with Crippen LogP contribution in [0, 0.1) is 11.6 Å². The Labute approximate surface area is 133 Å². The highest BCUT2D eigenvalue weighted by Crippen LogP contribution is 2.28. The number of rotatable bonds is 3. The summed E-state index contributed by atoms with van der Waals surface area (Å²) in [5.74, 6) is -2.36. The molecule has 0 atom stereocenters. The predicted molar refractivity (Wildman–Crippen MR) is 80.7 cm³/mol. The molecule has 3 N–H and O–H groups in total. The molecule has 2 aromatic rings. The van der Waals surface area contributed by atoms with Crippen LogP contribution in [0.4, 0.5) is 20.2 Å². The maximum Gasteiger partial charge on any atom is 0.264 e. The fourth-order valence-electron chi connectivity index (χ4n) is 1.53. The minimum absolute atomic E-state index is 0.161. The third-order valence-corrected chi connectivity index (χ3v) is 5.17. The fraction of sp³-hybridized carbons (Fsp3) is 0.